The third-order valence-corrected chi connectivity index (χ3v) is 12.0. The molecule has 1 aromatic heterocycles. The zero-order valence-corrected chi connectivity index (χ0v) is 26.7. The van der Waals surface area contributed by atoms with Crippen LogP contribution in [-0.2, 0) is 5.41 Å². The second-order valence-corrected chi connectivity index (χ2v) is 14.4. The molecule has 6 aromatic rings. The first-order valence-electron chi connectivity index (χ1n) is 17.3. The van der Waals surface area contributed by atoms with E-state index in [0.717, 1.165) is 39.7 Å². The molecule has 0 N–H and O–H groups in total. The smallest absolute Gasteiger partial charge is 0.164 e. The molecule has 0 unspecified atom stereocenters. The average Bonchev–Trinajstić information content (AvgIpc) is 3.43. The molecule has 0 aliphatic heterocycles. The van der Waals surface area contributed by atoms with E-state index < -0.39 is 0 Å². The Morgan fingerprint density at radius 2 is 1.04 bits per heavy atom. The summed E-state index contributed by atoms with van der Waals surface area (Å²) in [7, 11) is 0. The van der Waals surface area contributed by atoms with Gasteiger partial charge in [0.05, 0.1) is 11.6 Å². The molecule has 5 aliphatic rings. The first-order valence-corrected chi connectivity index (χ1v) is 17.3. The van der Waals surface area contributed by atoms with Gasteiger partial charge in [0.15, 0.2) is 17.5 Å². The van der Waals surface area contributed by atoms with Gasteiger partial charge in [-0.1, -0.05) is 103 Å². The highest BCUT2D eigenvalue weighted by molar-refractivity contribution is 5.88. The van der Waals surface area contributed by atoms with E-state index in [2.05, 4.69) is 72.8 Å². The van der Waals surface area contributed by atoms with E-state index >= 15 is 0 Å². The zero-order chi connectivity index (χ0) is 31.8. The molecule has 0 saturated heterocycles. The van der Waals surface area contributed by atoms with Gasteiger partial charge >= 0.3 is 0 Å². The number of fused-ring (bicyclic) bond motifs is 3. The summed E-state index contributed by atoms with van der Waals surface area (Å²) in [6, 6.07) is 44.9. The minimum atomic E-state index is -0.00107. The highest BCUT2D eigenvalue weighted by Crippen LogP contribution is 2.69. The number of hydrogen-bond acceptors (Lipinski definition) is 4. The van der Waals surface area contributed by atoms with E-state index in [1.54, 1.807) is 0 Å². The van der Waals surface area contributed by atoms with E-state index in [4.69, 9.17) is 15.0 Å². The van der Waals surface area contributed by atoms with Crippen LogP contribution in [0.25, 0.3) is 56.4 Å². The van der Waals surface area contributed by atoms with Gasteiger partial charge in [-0.2, -0.15) is 5.26 Å². The number of aromatic nitrogens is 3. The first kappa shape index (κ1) is 27.7. The fourth-order valence-electron chi connectivity index (χ4n) is 10.3. The molecular weight excluding hydrogens is 585 g/mol. The molecule has 5 aliphatic carbocycles. The average molecular weight is 619 g/mol. The lowest BCUT2D eigenvalue weighted by Crippen LogP contribution is -2.55. The van der Waals surface area contributed by atoms with Crippen LogP contribution in [0.3, 0.4) is 0 Å². The van der Waals surface area contributed by atoms with Crippen molar-refractivity contribution >= 4 is 0 Å². The van der Waals surface area contributed by atoms with Gasteiger partial charge in [-0.25, -0.2) is 15.0 Å². The van der Waals surface area contributed by atoms with E-state index in [-0.39, 0.29) is 5.41 Å². The minimum absolute atomic E-state index is 0.00107. The van der Waals surface area contributed by atoms with Gasteiger partial charge in [0.25, 0.3) is 0 Å². The summed E-state index contributed by atoms with van der Waals surface area (Å²) in [6.07, 6.45) is 6.69. The van der Waals surface area contributed by atoms with E-state index in [1.807, 2.05) is 54.6 Å². The van der Waals surface area contributed by atoms with Crippen molar-refractivity contribution in [3.63, 3.8) is 0 Å². The van der Waals surface area contributed by atoms with Gasteiger partial charge < -0.3 is 0 Å². The van der Waals surface area contributed by atoms with Crippen LogP contribution < -0.4 is 0 Å². The molecular formula is C44H34N4. The number of hydrogen-bond donors (Lipinski definition) is 0. The molecule has 5 aromatic carbocycles. The van der Waals surface area contributed by atoms with E-state index in [9.17, 15) is 5.26 Å². The van der Waals surface area contributed by atoms with Crippen LogP contribution in [0, 0.1) is 35.0 Å². The summed E-state index contributed by atoms with van der Waals surface area (Å²) in [4.78, 5) is 15.2. The summed E-state index contributed by atoms with van der Waals surface area (Å²) in [6.45, 7) is 0. The van der Waals surface area contributed by atoms with Crippen molar-refractivity contribution in [3.8, 4) is 62.5 Å². The molecule has 4 bridgehead atoms. The Morgan fingerprint density at radius 3 is 1.67 bits per heavy atom. The monoisotopic (exact) mass is 618 g/mol. The number of nitriles is 1. The van der Waals surface area contributed by atoms with Gasteiger partial charge in [0.1, 0.15) is 0 Å². The van der Waals surface area contributed by atoms with Crippen molar-refractivity contribution in [2.45, 2.75) is 37.5 Å². The highest BCUT2D eigenvalue weighted by Gasteiger charge is 2.61. The van der Waals surface area contributed by atoms with Gasteiger partial charge in [0, 0.05) is 22.1 Å². The van der Waals surface area contributed by atoms with E-state index in [0.29, 0.717) is 34.9 Å². The van der Waals surface area contributed by atoms with Crippen LogP contribution in [0.15, 0.2) is 121 Å². The first-order chi connectivity index (χ1) is 23.7. The minimum Gasteiger partial charge on any atom is -0.208 e. The quantitative estimate of drug-likeness (QED) is 0.197. The lowest BCUT2D eigenvalue weighted by Gasteiger charge is -2.61. The van der Waals surface area contributed by atoms with Crippen molar-refractivity contribution in [2.24, 2.45) is 23.7 Å². The van der Waals surface area contributed by atoms with Crippen molar-refractivity contribution < 1.29 is 0 Å². The number of rotatable bonds is 4. The largest absolute Gasteiger partial charge is 0.208 e. The highest BCUT2D eigenvalue weighted by atomic mass is 15.0. The predicted molar refractivity (Wildman–Crippen MR) is 190 cm³/mol. The van der Waals surface area contributed by atoms with Crippen molar-refractivity contribution in [1.82, 2.24) is 15.0 Å². The van der Waals surface area contributed by atoms with Gasteiger partial charge in [-0.05, 0) is 107 Å². The van der Waals surface area contributed by atoms with Crippen LogP contribution in [0.5, 0.6) is 0 Å². The Labute approximate surface area is 281 Å². The van der Waals surface area contributed by atoms with Crippen molar-refractivity contribution in [1.29, 1.82) is 5.26 Å². The molecule has 4 saturated carbocycles. The standard InChI is InChI=1S/C44H34N4/c45-26-33-13-7-8-14-36(33)31-16-18-39-38(24-31)37-17-15-32(25-40(37)44(39)34-20-27-19-28(22-34)23-35(44)21-27)43-47-41(29-9-3-1-4-10-29)46-42(48-43)30-11-5-2-6-12-30/h1-18,24-25,27-28,34-35H,19-23H2. The summed E-state index contributed by atoms with van der Waals surface area (Å²) in [5, 5.41) is 9.92. The third kappa shape index (κ3) is 4.04. The van der Waals surface area contributed by atoms with Crippen LogP contribution in [0.4, 0.5) is 0 Å². The third-order valence-electron chi connectivity index (χ3n) is 12.0. The molecule has 4 fully saturated rings. The van der Waals surface area contributed by atoms with Crippen LogP contribution >= 0.6 is 0 Å². The Balaban J connectivity index is 1.18. The molecule has 1 heterocycles. The van der Waals surface area contributed by atoms with Crippen LogP contribution in [0.2, 0.25) is 0 Å². The van der Waals surface area contributed by atoms with Gasteiger partial charge in [0.2, 0.25) is 0 Å². The van der Waals surface area contributed by atoms with Crippen LogP contribution in [0.1, 0.15) is 48.8 Å². The lowest BCUT2D eigenvalue weighted by molar-refractivity contribution is -0.0399. The Morgan fingerprint density at radius 1 is 0.479 bits per heavy atom. The lowest BCUT2D eigenvalue weighted by atomic mass is 9.43. The summed E-state index contributed by atoms with van der Waals surface area (Å²) >= 11 is 0. The molecule has 11 rings (SSSR count). The molecule has 0 amide bonds. The fraction of sp³-hybridized carbons (Fsp3) is 0.227. The number of benzene rings is 5. The SMILES string of the molecule is N#Cc1ccccc1-c1ccc2c(c1)-c1ccc(-c3nc(-c4ccccc4)nc(-c4ccccc4)n3)cc1C21C2CC3CC(C2)CC1C3. The Bertz CT molecular complexity index is 2180. The molecule has 0 radical (unpaired) electrons. The zero-order valence-electron chi connectivity index (χ0n) is 26.7. The van der Waals surface area contributed by atoms with Crippen molar-refractivity contribution in [3.05, 3.63) is 138 Å². The van der Waals surface area contributed by atoms with Crippen molar-refractivity contribution in [2.75, 3.05) is 0 Å². The van der Waals surface area contributed by atoms with Gasteiger partial charge in [-0.3, -0.25) is 0 Å². The Kier molecular flexibility index (Phi) is 6.09. The molecule has 4 heteroatoms. The number of nitrogens with zero attached hydrogens (tertiary/aromatic N) is 4. The molecule has 0 atom stereocenters. The van der Waals surface area contributed by atoms with Gasteiger partial charge in [-0.15, -0.1) is 0 Å². The molecule has 4 nitrogen and oxygen atoms in total. The van der Waals surface area contributed by atoms with E-state index in [1.165, 1.54) is 54.4 Å². The summed E-state index contributed by atoms with van der Waals surface area (Å²) < 4.78 is 0. The topological polar surface area (TPSA) is 62.5 Å². The molecule has 48 heavy (non-hydrogen) atoms. The second-order valence-electron chi connectivity index (χ2n) is 14.4. The summed E-state index contributed by atoms with van der Waals surface area (Å²) in [5.41, 5.74) is 11.4. The maximum Gasteiger partial charge on any atom is 0.164 e. The maximum absolute atomic E-state index is 9.92. The summed E-state index contributed by atoms with van der Waals surface area (Å²) in [5.74, 6) is 5.09. The Hall–Kier alpha value is -5.40. The fourth-order valence-corrected chi connectivity index (χ4v) is 10.3. The maximum atomic E-state index is 9.92. The molecule has 1 spiro atoms. The van der Waals surface area contributed by atoms with Crippen LogP contribution in [-0.4, -0.2) is 15.0 Å². The molecule has 230 valence electrons. The second kappa shape index (κ2) is 10.6. The predicted octanol–water partition coefficient (Wildman–Crippen LogP) is 10.1. The normalized spacial score (nSPS) is 24.3.